The van der Waals surface area contributed by atoms with Crippen LogP contribution in [-0.2, 0) is 5.54 Å². The summed E-state index contributed by atoms with van der Waals surface area (Å²) in [6, 6.07) is 1.35. The zero-order chi connectivity index (χ0) is 11.1. The summed E-state index contributed by atoms with van der Waals surface area (Å²) in [7, 11) is 0. The molecule has 1 rings (SSSR count). The predicted octanol–water partition coefficient (Wildman–Crippen LogP) is 2.19. The Morgan fingerprint density at radius 3 is 2.29 bits per heavy atom. The second-order valence-electron chi connectivity index (χ2n) is 3.64. The van der Waals surface area contributed by atoms with Crippen LogP contribution in [0.2, 0.25) is 0 Å². The molecule has 0 fully saturated rings. The highest BCUT2D eigenvalue weighted by molar-refractivity contribution is 9.10. The van der Waals surface area contributed by atoms with Crippen LogP contribution in [0.3, 0.4) is 0 Å². The van der Waals surface area contributed by atoms with E-state index >= 15 is 0 Å². The van der Waals surface area contributed by atoms with Crippen molar-refractivity contribution < 1.29 is 14.6 Å². The van der Waals surface area contributed by atoms with Crippen molar-refractivity contribution >= 4 is 15.9 Å². The first-order valence-corrected chi connectivity index (χ1v) is 4.73. The quantitative estimate of drug-likeness (QED) is 0.681. The molecule has 0 aliphatic carbocycles. The molecule has 0 aromatic heterocycles. The average molecular weight is 264 g/mol. The third kappa shape index (κ3) is 1.83. The van der Waals surface area contributed by atoms with Crippen LogP contribution in [0.1, 0.15) is 19.4 Å². The Labute approximate surface area is 89.5 Å². The van der Waals surface area contributed by atoms with Gasteiger partial charge in [-0.25, -0.2) is 4.39 Å². The number of hydrogen-bond acceptors (Lipinski definition) is 3. The van der Waals surface area contributed by atoms with E-state index in [1.165, 1.54) is 6.07 Å². The summed E-state index contributed by atoms with van der Waals surface area (Å²) in [6.07, 6.45) is 0. The van der Waals surface area contributed by atoms with Gasteiger partial charge < -0.3 is 15.9 Å². The van der Waals surface area contributed by atoms with Gasteiger partial charge in [0, 0.05) is 11.1 Å². The van der Waals surface area contributed by atoms with Crippen molar-refractivity contribution in [2.75, 3.05) is 0 Å². The van der Waals surface area contributed by atoms with Crippen LogP contribution >= 0.6 is 15.9 Å². The van der Waals surface area contributed by atoms with Crippen LogP contribution in [0.15, 0.2) is 10.5 Å². The molecule has 0 aliphatic rings. The zero-order valence-electron chi connectivity index (χ0n) is 7.81. The smallest absolute Gasteiger partial charge is 0.195 e. The van der Waals surface area contributed by atoms with Crippen molar-refractivity contribution in [1.82, 2.24) is 0 Å². The Balaban J connectivity index is 3.49. The molecule has 3 nitrogen and oxygen atoms in total. The van der Waals surface area contributed by atoms with Gasteiger partial charge in [-0.05, 0) is 35.8 Å². The van der Waals surface area contributed by atoms with E-state index in [2.05, 4.69) is 15.9 Å². The lowest BCUT2D eigenvalue weighted by Gasteiger charge is -2.21. The maximum atomic E-state index is 13.1. The van der Waals surface area contributed by atoms with E-state index in [0.717, 1.165) is 0 Å². The van der Waals surface area contributed by atoms with Crippen LogP contribution in [0, 0.1) is 5.82 Å². The topological polar surface area (TPSA) is 66.5 Å². The molecule has 0 heterocycles. The van der Waals surface area contributed by atoms with E-state index in [-0.39, 0.29) is 10.0 Å². The highest BCUT2D eigenvalue weighted by Gasteiger charge is 2.24. The van der Waals surface area contributed by atoms with Crippen molar-refractivity contribution in [3.8, 4) is 11.5 Å². The Morgan fingerprint density at radius 1 is 1.36 bits per heavy atom. The number of aromatic hydroxyl groups is 2. The lowest BCUT2D eigenvalue weighted by molar-refractivity contribution is 0.364. The van der Waals surface area contributed by atoms with Gasteiger partial charge in [0.1, 0.15) is 0 Å². The number of phenols is 2. The summed E-state index contributed by atoms with van der Waals surface area (Å²) >= 11 is 2.92. The van der Waals surface area contributed by atoms with Crippen molar-refractivity contribution in [3.05, 3.63) is 21.9 Å². The second kappa shape index (κ2) is 3.40. The predicted molar refractivity (Wildman–Crippen MR) is 54.6 cm³/mol. The second-order valence-corrected chi connectivity index (χ2v) is 4.49. The first-order chi connectivity index (χ1) is 6.25. The van der Waals surface area contributed by atoms with Gasteiger partial charge in [-0.3, -0.25) is 0 Å². The first-order valence-electron chi connectivity index (χ1n) is 3.94. The minimum absolute atomic E-state index is 0.0707. The Morgan fingerprint density at radius 2 is 1.86 bits per heavy atom. The van der Waals surface area contributed by atoms with E-state index in [0.29, 0.717) is 0 Å². The van der Waals surface area contributed by atoms with Gasteiger partial charge in [0.25, 0.3) is 0 Å². The minimum Gasteiger partial charge on any atom is -0.504 e. The molecule has 4 N–H and O–H groups in total. The summed E-state index contributed by atoms with van der Waals surface area (Å²) < 4.78 is 13.1. The molecule has 0 atom stereocenters. The maximum Gasteiger partial charge on any atom is 0.195 e. The Bertz CT molecular complexity index is 374. The van der Waals surface area contributed by atoms with Gasteiger partial charge in [0.15, 0.2) is 17.3 Å². The highest BCUT2D eigenvalue weighted by atomic mass is 79.9. The Kier molecular flexibility index (Phi) is 2.74. The lowest BCUT2D eigenvalue weighted by atomic mass is 9.94. The number of rotatable bonds is 1. The molecule has 78 valence electrons. The lowest BCUT2D eigenvalue weighted by Crippen LogP contribution is -2.28. The van der Waals surface area contributed by atoms with Gasteiger partial charge in [-0.15, -0.1) is 0 Å². The van der Waals surface area contributed by atoms with Crippen LogP contribution in [0.25, 0.3) is 0 Å². The van der Waals surface area contributed by atoms with Gasteiger partial charge in [0.2, 0.25) is 0 Å². The summed E-state index contributed by atoms with van der Waals surface area (Å²) in [5, 5.41) is 18.7. The summed E-state index contributed by atoms with van der Waals surface area (Å²) in [4.78, 5) is 0. The molecular weight excluding hydrogens is 253 g/mol. The van der Waals surface area contributed by atoms with Crippen molar-refractivity contribution in [1.29, 1.82) is 0 Å². The third-order valence-electron chi connectivity index (χ3n) is 1.86. The molecule has 0 saturated carbocycles. The Hall–Kier alpha value is -0.810. The van der Waals surface area contributed by atoms with E-state index in [1.807, 2.05) is 0 Å². The van der Waals surface area contributed by atoms with Crippen molar-refractivity contribution in [2.45, 2.75) is 19.4 Å². The minimum atomic E-state index is -0.893. The zero-order valence-corrected chi connectivity index (χ0v) is 9.39. The molecule has 14 heavy (non-hydrogen) atoms. The van der Waals surface area contributed by atoms with E-state index in [9.17, 15) is 14.6 Å². The molecule has 5 heteroatoms. The standard InChI is InChI=1S/C9H11BrFNO2/c1-9(2,12)4-3-5(10)6(11)8(14)7(4)13/h3,13-14H,12H2,1-2H3. The fourth-order valence-corrected chi connectivity index (χ4v) is 1.51. The van der Waals surface area contributed by atoms with Crippen LogP contribution in [0.4, 0.5) is 4.39 Å². The van der Waals surface area contributed by atoms with Crippen LogP contribution < -0.4 is 5.73 Å². The molecule has 0 amide bonds. The molecular formula is C9H11BrFNO2. The SMILES string of the molecule is CC(C)(N)c1cc(Br)c(F)c(O)c1O. The van der Waals surface area contributed by atoms with Crippen LogP contribution in [-0.4, -0.2) is 10.2 Å². The molecule has 0 spiro atoms. The summed E-state index contributed by atoms with van der Waals surface area (Å²) in [5.41, 5.74) is 5.16. The first kappa shape index (κ1) is 11.3. The fraction of sp³-hybridized carbons (Fsp3) is 0.333. The molecule has 1 aromatic carbocycles. The molecule has 0 aliphatic heterocycles. The number of halogens is 2. The molecule has 0 bridgehead atoms. The maximum absolute atomic E-state index is 13.1. The number of hydrogen-bond donors (Lipinski definition) is 3. The van der Waals surface area contributed by atoms with E-state index in [4.69, 9.17) is 5.73 Å². The molecule has 0 unspecified atom stereocenters. The molecule has 0 saturated heterocycles. The number of nitrogens with two attached hydrogens (primary N) is 1. The molecule has 1 aromatic rings. The van der Waals surface area contributed by atoms with E-state index in [1.54, 1.807) is 13.8 Å². The normalized spacial score (nSPS) is 11.8. The molecule has 0 radical (unpaired) electrons. The third-order valence-corrected chi connectivity index (χ3v) is 2.44. The number of benzene rings is 1. The fourth-order valence-electron chi connectivity index (χ4n) is 1.09. The van der Waals surface area contributed by atoms with Gasteiger partial charge in [0.05, 0.1) is 4.47 Å². The van der Waals surface area contributed by atoms with Gasteiger partial charge in [-0.2, -0.15) is 0 Å². The van der Waals surface area contributed by atoms with Crippen LogP contribution in [0.5, 0.6) is 11.5 Å². The van der Waals surface area contributed by atoms with Crippen molar-refractivity contribution in [3.63, 3.8) is 0 Å². The monoisotopic (exact) mass is 263 g/mol. The van der Waals surface area contributed by atoms with Crippen molar-refractivity contribution in [2.24, 2.45) is 5.73 Å². The van der Waals surface area contributed by atoms with Gasteiger partial charge >= 0.3 is 0 Å². The average Bonchev–Trinajstić information content (AvgIpc) is 2.06. The summed E-state index contributed by atoms with van der Waals surface area (Å²) in [6.45, 7) is 3.29. The van der Waals surface area contributed by atoms with E-state index < -0.39 is 22.9 Å². The largest absolute Gasteiger partial charge is 0.504 e. The highest BCUT2D eigenvalue weighted by Crippen LogP contribution is 2.40. The summed E-state index contributed by atoms with van der Waals surface area (Å²) in [5.74, 6) is -2.19. The number of phenolic OH excluding ortho intramolecular Hbond substituents is 2. The van der Waals surface area contributed by atoms with Gasteiger partial charge in [-0.1, -0.05) is 0 Å².